The van der Waals surface area contributed by atoms with Gasteiger partial charge < -0.3 is 15.8 Å². The Kier molecular flexibility index (Phi) is 7.27. The fraction of sp³-hybridized carbons (Fsp3) is 0.545. The first-order valence-electron chi connectivity index (χ1n) is 10.7. The summed E-state index contributed by atoms with van der Waals surface area (Å²) in [6, 6.07) is 8.38. The van der Waals surface area contributed by atoms with Crippen LogP contribution in [0.5, 0.6) is 0 Å². The Bertz CT molecular complexity index is 828. The average Bonchev–Trinajstić information content (AvgIpc) is 3.09. The molecule has 9 nitrogen and oxygen atoms in total. The highest BCUT2D eigenvalue weighted by Crippen LogP contribution is 2.32. The number of carbonyl (C=O) groups is 4. The molecular weight excluding hydrogens is 400 g/mol. The van der Waals surface area contributed by atoms with Gasteiger partial charge in [-0.15, -0.1) is 0 Å². The predicted molar refractivity (Wildman–Crippen MR) is 112 cm³/mol. The fourth-order valence-corrected chi connectivity index (χ4v) is 4.30. The lowest BCUT2D eigenvalue weighted by atomic mass is 9.74. The molecule has 1 aromatic rings. The van der Waals surface area contributed by atoms with Crippen LogP contribution in [0.2, 0.25) is 0 Å². The van der Waals surface area contributed by atoms with Crippen LogP contribution in [0.3, 0.4) is 0 Å². The minimum Gasteiger partial charge on any atom is -0.420 e. The zero-order valence-electron chi connectivity index (χ0n) is 17.9. The summed E-state index contributed by atoms with van der Waals surface area (Å²) in [4.78, 5) is 50.3. The lowest BCUT2D eigenvalue weighted by Gasteiger charge is -2.36. The number of carbonyl (C=O) groups excluding carboxylic acids is 4. The number of nitrogens with zero attached hydrogens (tertiary/aromatic N) is 1. The van der Waals surface area contributed by atoms with E-state index >= 15 is 0 Å². The van der Waals surface area contributed by atoms with Crippen molar-refractivity contribution in [2.24, 2.45) is 23.5 Å². The van der Waals surface area contributed by atoms with E-state index in [-0.39, 0.29) is 17.9 Å². The molecule has 1 heterocycles. The number of cyclic esters (lactones) is 1. The quantitative estimate of drug-likeness (QED) is 0.537. The van der Waals surface area contributed by atoms with Gasteiger partial charge in [0.25, 0.3) is 5.91 Å². The second-order valence-corrected chi connectivity index (χ2v) is 8.57. The van der Waals surface area contributed by atoms with Crippen molar-refractivity contribution in [3.8, 4) is 0 Å². The number of benzene rings is 1. The first-order chi connectivity index (χ1) is 14.8. The SMILES string of the molecule is CC(C)CN1NC(C(=O)C(C(N)=O)[C@H]2CCCC[C@@H]2NC(=O)c2ccccc2)OC1=O. The van der Waals surface area contributed by atoms with E-state index in [4.69, 9.17) is 10.5 Å². The maximum Gasteiger partial charge on any atom is 0.426 e. The summed E-state index contributed by atoms with van der Waals surface area (Å²) in [5, 5.41) is 4.21. The van der Waals surface area contributed by atoms with Crippen LogP contribution in [-0.4, -0.2) is 47.5 Å². The van der Waals surface area contributed by atoms with Crippen LogP contribution in [0.15, 0.2) is 30.3 Å². The monoisotopic (exact) mass is 430 g/mol. The molecule has 1 aromatic carbocycles. The number of rotatable bonds is 8. The van der Waals surface area contributed by atoms with Crippen molar-refractivity contribution in [3.05, 3.63) is 35.9 Å². The minimum absolute atomic E-state index is 0.164. The number of Topliss-reactive ketones (excluding diaryl/α,β-unsaturated/α-hetero) is 1. The summed E-state index contributed by atoms with van der Waals surface area (Å²) >= 11 is 0. The van der Waals surface area contributed by atoms with Crippen LogP contribution in [-0.2, 0) is 14.3 Å². The molecule has 168 valence electrons. The van der Waals surface area contributed by atoms with Gasteiger partial charge in [0, 0.05) is 18.2 Å². The van der Waals surface area contributed by atoms with Crippen molar-refractivity contribution < 1.29 is 23.9 Å². The molecule has 4 N–H and O–H groups in total. The number of hydrazine groups is 1. The van der Waals surface area contributed by atoms with Crippen molar-refractivity contribution in [1.29, 1.82) is 0 Å². The maximum atomic E-state index is 13.2. The van der Waals surface area contributed by atoms with Crippen LogP contribution < -0.4 is 16.5 Å². The van der Waals surface area contributed by atoms with Gasteiger partial charge in [-0.05, 0) is 36.8 Å². The summed E-state index contributed by atoms with van der Waals surface area (Å²) in [7, 11) is 0. The largest absolute Gasteiger partial charge is 0.426 e. The molecule has 0 aromatic heterocycles. The van der Waals surface area contributed by atoms with Crippen LogP contribution in [0.1, 0.15) is 49.9 Å². The van der Waals surface area contributed by atoms with Gasteiger partial charge in [0.05, 0.1) is 0 Å². The van der Waals surface area contributed by atoms with Gasteiger partial charge in [-0.25, -0.2) is 9.80 Å². The van der Waals surface area contributed by atoms with Crippen LogP contribution in [0, 0.1) is 17.8 Å². The molecule has 1 saturated carbocycles. The van der Waals surface area contributed by atoms with Gasteiger partial charge in [0.1, 0.15) is 5.92 Å². The second-order valence-electron chi connectivity index (χ2n) is 8.57. The highest BCUT2D eigenvalue weighted by molar-refractivity contribution is 6.04. The number of amides is 3. The highest BCUT2D eigenvalue weighted by Gasteiger charge is 2.46. The molecule has 9 heteroatoms. The van der Waals surface area contributed by atoms with Crippen molar-refractivity contribution in [2.45, 2.75) is 51.8 Å². The molecule has 2 fully saturated rings. The first-order valence-corrected chi connectivity index (χ1v) is 10.7. The molecule has 31 heavy (non-hydrogen) atoms. The van der Waals surface area contributed by atoms with Crippen molar-refractivity contribution in [1.82, 2.24) is 15.8 Å². The van der Waals surface area contributed by atoms with E-state index in [0.717, 1.165) is 12.8 Å². The Labute approximate surface area is 181 Å². The lowest BCUT2D eigenvalue weighted by Crippen LogP contribution is -2.53. The zero-order chi connectivity index (χ0) is 22.5. The molecular formula is C22H30N4O5. The molecule has 1 aliphatic heterocycles. The highest BCUT2D eigenvalue weighted by atomic mass is 16.6. The lowest BCUT2D eigenvalue weighted by molar-refractivity contribution is -0.141. The number of hydrogen-bond acceptors (Lipinski definition) is 6. The van der Waals surface area contributed by atoms with Gasteiger partial charge in [0.2, 0.25) is 17.9 Å². The van der Waals surface area contributed by atoms with Crippen LogP contribution in [0.25, 0.3) is 0 Å². The zero-order valence-corrected chi connectivity index (χ0v) is 17.9. The normalized spacial score (nSPS) is 24.5. The summed E-state index contributed by atoms with van der Waals surface area (Å²) in [6.07, 6.45) is 0.961. The first kappa shape index (κ1) is 22.7. The Hall–Kier alpha value is -2.94. The van der Waals surface area contributed by atoms with Crippen molar-refractivity contribution >= 4 is 23.7 Å². The molecule has 2 unspecified atom stereocenters. The predicted octanol–water partition coefficient (Wildman–Crippen LogP) is 1.58. The molecule has 4 atom stereocenters. The van der Waals surface area contributed by atoms with Crippen molar-refractivity contribution in [2.75, 3.05) is 6.54 Å². The van der Waals surface area contributed by atoms with Gasteiger partial charge in [0.15, 0.2) is 0 Å². The minimum atomic E-state index is -1.27. The molecule has 3 amide bonds. The van der Waals surface area contributed by atoms with E-state index in [2.05, 4.69) is 10.7 Å². The van der Waals surface area contributed by atoms with Crippen LogP contribution >= 0.6 is 0 Å². The number of nitrogens with one attached hydrogen (secondary N) is 2. The molecule has 1 aliphatic carbocycles. The molecule has 2 aliphatic rings. The van der Waals surface area contributed by atoms with Gasteiger partial charge in [-0.2, -0.15) is 5.43 Å². The Morgan fingerprint density at radius 1 is 1.19 bits per heavy atom. The standard InChI is InChI=1S/C22H30N4O5/c1-13(2)12-26-22(30)31-21(25-26)18(27)17(19(23)28)15-10-6-7-11-16(15)24-20(29)14-8-4-3-5-9-14/h3-5,8-9,13,15-17,21,25H,6-7,10-12H2,1-2H3,(H2,23,28)(H,24,29)/t15-,16-,17?,21?/m0/s1. The molecule has 1 saturated heterocycles. The van der Waals surface area contributed by atoms with E-state index in [1.54, 1.807) is 24.3 Å². The van der Waals surface area contributed by atoms with Gasteiger partial charge >= 0.3 is 6.09 Å². The fourth-order valence-electron chi connectivity index (χ4n) is 4.30. The number of hydrogen-bond donors (Lipinski definition) is 3. The Morgan fingerprint density at radius 2 is 1.87 bits per heavy atom. The molecule has 0 bridgehead atoms. The third-order valence-electron chi connectivity index (χ3n) is 5.73. The van der Waals surface area contributed by atoms with Crippen LogP contribution in [0.4, 0.5) is 4.79 Å². The summed E-state index contributed by atoms with van der Waals surface area (Å²) < 4.78 is 5.18. The number of ether oxygens (including phenoxy) is 1. The molecule has 0 radical (unpaired) electrons. The van der Waals surface area contributed by atoms with E-state index in [1.165, 1.54) is 5.01 Å². The number of nitrogens with two attached hydrogens (primary N) is 1. The summed E-state index contributed by atoms with van der Waals surface area (Å²) in [5.74, 6) is -3.11. The van der Waals surface area contributed by atoms with E-state index in [0.29, 0.717) is 24.9 Å². The molecule has 0 spiro atoms. The topological polar surface area (TPSA) is 131 Å². The number of primary amides is 1. The third-order valence-corrected chi connectivity index (χ3v) is 5.73. The Balaban J connectivity index is 1.75. The van der Waals surface area contributed by atoms with Gasteiger partial charge in [-0.3, -0.25) is 14.4 Å². The summed E-state index contributed by atoms with van der Waals surface area (Å²) in [6.45, 7) is 4.22. The van der Waals surface area contributed by atoms with E-state index in [1.807, 2.05) is 19.9 Å². The summed E-state index contributed by atoms with van der Waals surface area (Å²) in [5.41, 5.74) is 8.88. The average molecular weight is 431 g/mol. The smallest absolute Gasteiger partial charge is 0.420 e. The van der Waals surface area contributed by atoms with Crippen molar-refractivity contribution in [3.63, 3.8) is 0 Å². The third kappa shape index (κ3) is 5.41. The molecule has 3 rings (SSSR count). The second kappa shape index (κ2) is 9.91. The maximum absolute atomic E-state index is 13.2. The van der Waals surface area contributed by atoms with Gasteiger partial charge in [-0.1, -0.05) is 44.9 Å². The Morgan fingerprint density at radius 3 is 2.52 bits per heavy atom. The van der Waals surface area contributed by atoms with E-state index in [9.17, 15) is 19.2 Å². The van der Waals surface area contributed by atoms with E-state index < -0.39 is 35.8 Å². The number of ketones is 1.